The zero-order valence-electron chi connectivity index (χ0n) is 41.1. The molecule has 0 N–H and O–H groups in total. The molecule has 0 rings (SSSR count). The van der Waals surface area contributed by atoms with Crippen LogP contribution in [0.2, 0.25) is 0 Å². The minimum atomic E-state index is -0.788. The highest BCUT2D eigenvalue weighted by Crippen LogP contribution is 2.14. The van der Waals surface area contributed by atoms with Crippen molar-refractivity contribution in [1.29, 1.82) is 0 Å². The monoisotopic (exact) mass is 877 g/mol. The van der Waals surface area contributed by atoms with E-state index in [0.29, 0.717) is 19.3 Å². The summed E-state index contributed by atoms with van der Waals surface area (Å²) in [4.78, 5) is 37.9. The first-order valence-electron chi connectivity index (χ1n) is 26.1. The third-order valence-electron chi connectivity index (χ3n) is 10.9. The number of carbonyl (C=O) groups excluding carboxylic acids is 3. The summed E-state index contributed by atoms with van der Waals surface area (Å²) in [6.45, 7) is 6.45. The second kappa shape index (κ2) is 51.2. The maximum Gasteiger partial charge on any atom is 0.306 e. The Labute approximate surface area is 388 Å². The van der Waals surface area contributed by atoms with E-state index in [4.69, 9.17) is 14.2 Å². The summed E-state index contributed by atoms with van der Waals surface area (Å²) in [5.41, 5.74) is 0. The molecule has 1 atom stereocenters. The van der Waals surface area contributed by atoms with Gasteiger partial charge in [0.05, 0.1) is 0 Å². The van der Waals surface area contributed by atoms with Crippen LogP contribution in [0.5, 0.6) is 0 Å². The molecule has 360 valence electrons. The van der Waals surface area contributed by atoms with Crippen molar-refractivity contribution in [3.63, 3.8) is 0 Å². The molecular formula is C57H96O6. The quantitative estimate of drug-likeness (QED) is 0.0262. The van der Waals surface area contributed by atoms with Gasteiger partial charge in [-0.1, -0.05) is 209 Å². The normalized spacial score (nSPS) is 12.7. The number of carbonyl (C=O) groups is 3. The molecule has 6 heteroatoms. The van der Waals surface area contributed by atoms with Gasteiger partial charge in [-0.05, 0) is 96.3 Å². The SMILES string of the molecule is CC/C=C\C/C=C\C/C=C\C/C=C\C/C=C\C/C=C\CCCCCCC(=O)OCC(COC(=O)CCCCCCCCCCC)OC(=O)CCCCCCC/C=C\CCCCCC. The van der Waals surface area contributed by atoms with Gasteiger partial charge in [0.25, 0.3) is 0 Å². The fourth-order valence-electron chi connectivity index (χ4n) is 6.97. The zero-order chi connectivity index (χ0) is 45.8. The maximum absolute atomic E-state index is 12.8. The fourth-order valence-corrected chi connectivity index (χ4v) is 6.97. The Morgan fingerprint density at radius 1 is 0.333 bits per heavy atom. The van der Waals surface area contributed by atoms with Gasteiger partial charge >= 0.3 is 17.9 Å². The van der Waals surface area contributed by atoms with Crippen molar-refractivity contribution in [3.05, 3.63) is 85.1 Å². The van der Waals surface area contributed by atoms with Crippen molar-refractivity contribution in [2.24, 2.45) is 0 Å². The summed E-state index contributed by atoms with van der Waals surface area (Å²) >= 11 is 0. The van der Waals surface area contributed by atoms with Crippen LogP contribution in [0.25, 0.3) is 0 Å². The molecule has 0 aromatic rings. The Hall–Kier alpha value is -3.41. The van der Waals surface area contributed by atoms with E-state index in [-0.39, 0.29) is 31.1 Å². The van der Waals surface area contributed by atoms with Crippen LogP contribution in [-0.4, -0.2) is 37.2 Å². The lowest BCUT2D eigenvalue weighted by Crippen LogP contribution is -2.30. The van der Waals surface area contributed by atoms with Gasteiger partial charge in [0.15, 0.2) is 6.10 Å². The molecule has 0 aliphatic carbocycles. The van der Waals surface area contributed by atoms with Gasteiger partial charge in [0.1, 0.15) is 13.2 Å². The molecule has 6 nitrogen and oxygen atoms in total. The summed E-state index contributed by atoms with van der Waals surface area (Å²) in [5, 5.41) is 0. The predicted octanol–water partition coefficient (Wildman–Crippen LogP) is 17.2. The molecule has 0 aliphatic rings. The lowest BCUT2D eigenvalue weighted by molar-refractivity contribution is -0.167. The third kappa shape index (κ3) is 49.5. The van der Waals surface area contributed by atoms with E-state index in [1.807, 2.05) is 0 Å². The lowest BCUT2D eigenvalue weighted by atomic mass is 10.1. The molecule has 0 saturated heterocycles. The first-order valence-corrected chi connectivity index (χ1v) is 26.1. The van der Waals surface area contributed by atoms with Crippen LogP contribution in [-0.2, 0) is 28.6 Å². The summed E-state index contributed by atoms with van der Waals surface area (Å²) in [7, 11) is 0. The maximum atomic E-state index is 12.8. The second-order valence-electron chi connectivity index (χ2n) is 17.1. The Morgan fingerprint density at radius 3 is 1.00 bits per heavy atom. The smallest absolute Gasteiger partial charge is 0.306 e. The average molecular weight is 877 g/mol. The zero-order valence-corrected chi connectivity index (χ0v) is 41.1. The molecule has 0 fully saturated rings. The number of ether oxygens (including phenoxy) is 3. The van der Waals surface area contributed by atoms with Crippen LogP contribution < -0.4 is 0 Å². The third-order valence-corrected chi connectivity index (χ3v) is 10.9. The molecule has 0 amide bonds. The van der Waals surface area contributed by atoms with Crippen molar-refractivity contribution in [2.75, 3.05) is 13.2 Å². The Kier molecular flexibility index (Phi) is 48.5. The van der Waals surface area contributed by atoms with E-state index in [1.165, 1.54) is 77.0 Å². The van der Waals surface area contributed by atoms with Crippen LogP contribution in [0, 0.1) is 0 Å². The van der Waals surface area contributed by atoms with Crippen LogP contribution >= 0.6 is 0 Å². The van der Waals surface area contributed by atoms with Crippen LogP contribution in [0.4, 0.5) is 0 Å². The van der Waals surface area contributed by atoms with Crippen molar-refractivity contribution in [1.82, 2.24) is 0 Å². The number of hydrogen-bond donors (Lipinski definition) is 0. The number of unbranched alkanes of at least 4 members (excludes halogenated alkanes) is 21. The molecule has 0 spiro atoms. The topological polar surface area (TPSA) is 78.9 Å². The first-order chi connectivity index (χ1) is 31.0. The molecule has 63 heavy (non-hydrogen) atoms. The number of esters is 3. The van der Waals surface area contributed by atoms with Crippen LogP contribution in [0.15, 0.2) is 85.1 Å². The van der Waals surface area contributed by atoms with Crippen molar-refractivity contribution in [2.45, 2.75) is 245 Å². The van der Waals surface area contributed by atoms with Crippen molar-refractivity contribution < 1.29 is 28.6 Å². The van der Waals surface area contributed by atoms with E-state index in [0.717, 1.165) is 122 Å². The van der Waals surface area contributed by atoms with Gasteiger partial charge in [-0.2, -0.15) is 0 Å². The molecule has 0 heterocycles. The Morgan fingerprint density at radius 2 is 0.619 bits per heavy atom. The number of rotatable bonds is 46. The molecule has 1 unspecified atom stereocenters. The minimum absolute atomic E-state index is 0.0873. The Bertz CT molecular complexity index is 1240. The van der Waals surface area contributed by atoms with Crippen molar-refractivity contribution >= 4 is 17.9 Å². The van der Waals surface area contributed by atoms with E-state index >= 15 is 0 Å². The first kappa shape index (κ1) is 59.6. The number of hydrogen-bond acceptors (Lipinski definition) is 6. The van der Waals surface area contributed by atoms with Crippen LogP contribution in [0.3, 0.4) is 0 Å². The van der Waals surface area contributed by atoms with Gasteiger partial charge in [-0.25, -0.2) is 0 Å². The Balaban J connectivity index is 4.35. The van der Waals surface area contributed by atoms with Gasteiger partial charge in [-0.15, -0.1) is 0 Å². The van der Waals surface area contributed by atoms with Gasteiger partial charge < -0.3 is 14.2 Å². The van der Waals surface area contributed by atoms with E-state index in [9.17, 15) is 14.4 Å². The lowest BCUT2D eigenvalue weighted by Gasteiger charge is -2.18. The molecule has 0 aromatic carbocycles. The summed E-state index contributed by atoms with van der Waals surface area (Å²) in [6, 6.07) is 0. The highest BCUT2D eigenvalue weighted by Gasteiger charge is 2.19. The highest BCUT2D eigenvalue weighted by molar-refractivity contribution is 5.71. The summed E-state index contributed by atoms with van der Waals surface area (Å²) in [6.07, 6.45) is 65.7. The highest BCUT2D eigenvalue weighted by atomic mass is 16.6. The van der Waals surface area contributed by atoms with Gasteiger partial charge in [0, 0.05) is 19.3 Å². The largest absolute Gasteiger partial charge is 0.462 e. The van der Waals surface area contributed by atoms with Gasteiger partial charge in [0.2, 0.25) is 0 Å². The van der Waals surface area contributed by atoms with Crippen LogP contribution in [0.1, 0.15) is 239 Å². The minimum Gasteiger partial charge on any atom is -0.462 e. The van der Waals surface area contributed by atoms with Crippen molar-refractivity contribution in [3.8, 4) is 0 Å². The molecular weight excluding hydrogens is 781 g/mol. The molecule has 0 radical (unpaired) electrons. The predicted molar refractivity (Wildman–Crippen MR) is 270 cm³/mol. The second-order valence-corrected chi connectivity index (χ2v) is 17.1. The van der Waals surface area contributed by atoms with E-state index < -0.39 is 6.10 Å². The molecule has 0 bridgehead atoms. The standard InChI is InChI=1S/C57H96O6/c1-4-7-10-13-16-19-21-23-24-25-26-27-28-29-30-31-32-34-35-38-41-44-47-50-56(59)62-53-54(52-61-55(58)49-46-43-40-37-18-15-12-9-6-3)63-57(60)51-48-45-42-39-36-33-22-20-17-14-11-8-5-2/h7,10,16,19-20,22-24,26-27,29-30,32,34,54H,4-6,8-9,11-15,17-18,21,25,28,31,33,35-53H2,1-3H3/b10-7-,19-16-,22-20-,24-23-,27-26-,30-29-,34-32-. The molecule has 0 saturated carbocycles. The molecule has 0 aromatic heterocycles. The molecule has 0 aliphatic heterocycles. The summed E-state index contributed by atoms with van der Waals surface area (Å²) in [5.74, 6) is -0.926. The van der Waals surface area contributed by atoms with E-state index in [1.54, 1.807) is 0 Å². The average Bonchev–Trinajstić information content (AvgIpc) is 3.28. The fraction of sp³-hybridized carbons (Fsp3) is 0.702. The number of allylic oxidation sites excluding steroid dienone is 14. The summed E-state index contributed by atoms with van der Waals surface area (Å²) < 4.78 is 16.7. The van der Waals surface area contributed by atoms with E-state index in [2.05, 4.69) is 106 Å². The van der Waals surface area contributed by atoms with Gasteiger partial charge in [-0.3, -0.25) is 14.4 Å².